The third-order valence-electron chi connectivity index (χ3n) is 4.89. The normalized spacial score (nSPS) is 13.2. The van der Waals surface area contributed by atoms with Crippen LogP contribution in [0.2, 0.25) is 0 Å². The molecule has 3 rings (SSSR count). The van der Waals surface area contributed by atoms with Crippen LogP contribution >= 0.6 is 0 Å². The average molecular weight is 532 g/mol. The molecule has 0 aromatic heterocycles. The number of benzene rings is 3. The fourth-order valence-corrected chi connectivity index (χ4v) is 3.38. The maximum atomic E-state index is 13.6. The van der Waals surface area contributed by atoms with Crippen LogP contribution < -0.4 is 4.74 Å². The molecule has 0 fully saturated rings. The molecule has 0 bridgehead atoms. The van der Waals surface area contributed by atoms with E-state index in [0.717, 1.165) is 12.1 Å². The Morgan fingerprint density at radius 3 is 1.33 bits per heavy atom. The molecule has 0 N–H and O–H groups in total. The molecule has 0 aliphatic rings. The smallest absolute Gasteiger partial charge is 0.420 e. The molecule has 13 heteroatoms. The topological polar surface area (TPSA) is 9.23 Å². The molecule has 194 valence electrons. The van der Waals surface area contributed by atoms with Crippen molar-refractivity contribution in [2.45, 2.75) is 30.6 Å². The lowest BCUT2D eigenvalue weighted by Gasteiger charge is -2.26. The van der Waals surface area contributed by atoms with E-state index in [1.807, 2.05) is 0 Å². The van der Waals surface area contributed by atoms with E-state index >= 15 is 0 Å². The Balaban J connectivity index is 2.19. The van der Waals surface area contributed by atoms with Gasteiger partial charge in [-0.1, -0.05) is 42.5 Å². The summed E-state index contributed by atoms with van der Waals surface area (Å²) in [5.74, 6) is -7.14. The van der Waals surface area contributed by atoms with E-state index in [1.165, 1.54) is 12.1 Å². The Morgan fingerprint density at radius 2 is 0.944 bits per heavy atom. The van der Waals surface area contributed by atoms with Crippen LogP contribution in [0.3, 0.4) is 0 Å². The van der Waals surface area contributed by atoms with Crippen LogP contribution in [0.4, 0.5) is 52.7 Å². The van der Waals surface area contributed by atoms with Gasteiger partial charge in [-0.25, -0.2) is 0 Å². The van der Waals surface area contributed by atoms with Crippen LogP contribution in [0.5, 0.6) is 11.5 Å². The molecule has 0 aliphatic heterocycles. The lowest BCUT2D eigenvalue weighted by Crippen LogP contribution is -2.34. The zero-order valence-electron chi connectivity index (χ0n) is 17.4. The monoisotopic (exact) mass is 532 g/mol. The average Bonchev–Trinajstić information content (AvgIpc) is 2.72. The SMILES string of the molecule is FC(F)(F)c1cc(C(C(F)(F)F)C(F)(F)F)cc(C(F)(F)F)c1Oc1ccc(-c2ccccc2)cc1. The van der Waals surface area contributed by atoms with Gasteiger partial charge in [0.05, 0.1) is 11.1 Å². The van der Waals surface area contributed by atoms with Gasteiger partial charge in [-0.3, -0.25) is 0 Å². The first kappa shape index (κ1) is 27.2. The van der Waals surface area contributed by atoms with E-state index in [1.54, 1.807) is 30.3 Å². The van der Waals surface area contributed by atoms with Gasteiger partial charge in [0.1, 0.15) is 5.75 Å². The summed E-state index contributed by atoms with van der Waals surface area (Å²) < 4.78 is 165. The largest absolute Gasteiger partial charge is 0.456 e. The molecule has 3 aromatic rings. The molecule has 0 spiro atoms. The Hall–Kier alpha value is -3.38. The molecule has 0 saturated carbocycles. The third kappa shape index (κ3) is 6.05. The summed E-state index contributed by atoms with van der Waals surface area (Å²) in [4.78, 5) is 0. The van der Waals surface area contributed by atoms with Crippen molar-refractivity contribution in [1.82, 2.24) is 0 Å². The summed E-state index contributed by atoms with van der Waals surface area (Å²) in [6.45, 7) is 0. The summed E-state index contributed by atoms with van der Waals surface area (Å²) in [7, 11) is 0. The Morgan fingerprint density at radius 1 is 0.528 bits per heavy atom. The highest BCUT2D eigenvalue weighted by Gasteiger charge is 2.58. The Labute approximate surface area is 194 Å². The zero-order chi connectivity index (χ0) is 27.1. The summed E-state index contributed by atoms with van der Waals surface area (Å²) >= 11 is 0. The molecule has 0 unspecified atom stereocenters. The first-order chi connectivity index (χ1) is 16.4. The molecule has 0 heterocycles. The molecule has 0 aliphatic carbocycles. The summed E-state index contributed by atoms with van der Waals surface area (Å²) in [6.07, 6.45) is -24.0. The van der Waals surface area contributed by atoms with Gasteiger partial charge >= 0.3 is 24.7 Å². The molecule has 3 aromatic carbocycles. The van der Waals surface area contributed by atoms with Gasteiger partial charge in [-0.2, -0.15) is 52.7 Å². The van der Waals surface area contributed by atoms with Crippen molar-refractivity contribution in [1.29, 1.82) is 0 Å². The van der Waals surface area contributed by atoms with Crippen molar-refractivity contribution < 1.29 is 57.4 Å². The molecular weight excluding hydrogens is 520 g/mol. The van der Waals surface area contributed by atoms with E-state index in [-0.39, 0.29) is 0 Å². The predicted molar refractivity (Wildman–Crippen MR) is 103 cm³/mol. The van der Waals surface area contributed by atoms with Gasteiger partial charge in [0, 0.05) is 0 Å². The lowest BCUT2D eigenvalue weighted by molar-refractivity contribution is -0.253. The maximum absolute atomic E-state index is 13.6. The first-order valence-electron chi connectivity index (χ1n) is 9.68. The third-order valence-corrected chi connectivity index (χ3v) is 4.89. The first-order valence-corrected chi connectivity index (χ1v) is 9.68. The number of halogens is 12. The van der Waals surface area contributed by atoms with Crippen LogP contribution in [0, 0.1) is 0 Å². The van der Waals surface area contributed by atoms with Crippen molar-refractivity contribution in [3.05, 3.63) is 83.4 Å². The van der Waals surface area contributed by atoms with E-state index in [9.17, 15) is 52.7 Å². The van der Waals surface area contributed by atoms with Gasteiger partial charge < -0.3 is 4.74 Å². The standard InChI is InChI=1S/C23H12F12O/c24-20(25,26)16-10-14(19(22(30,31)32)23(33,34)35)11-17(21(27,28)29)18(16)36-15-8-6-13(7-9-15)12-4-2-1-3-5-12/h1-11,19H. The minimum Gasteiger partial charge on any atom is -0.456 e. The molecule has 1 nitrogen and oxygen atoms in total. The van der Waals surface area contributed by atoms with Crippen molar-refractivity contribution in [3.63, 3.8) is 0 Å². The highest BCUT2D eigenvalue weighted by atomic mass is 19.4. The van der Waals surface area contributed by atoms with Crippen LogP contribution in [0.1, 0.15) is 22.6 Å². The molecule has 36 heavy (non-hydrogen) atoms. The minimum absolute atomic E-state index is 0.503. The number of hydrogen-bond donors (Lipinski definition) is 0. The molecule has 0 radical (unpaired) electrons. The summed E-state index contributed by atoms with van der Waals surface area (Å²) in [6, 6.07) is 11.7. The van der Waals surface area contributed by atoms with Gasteiger partial charge in [0.25, 0.3) is 0 Å². The minimum atomic E-state index is -6.22. The highest BCUT2D eigenvalue weighted by Crippen LogP contribution is 2.52. The maximum Gasteiger partial charge on any atom is 0.420 e. The van der Waals surface area contributed by atoms with Crippen LogP contribution in [-0.4, -0.2) is 12.4 Å². The highest BCUT2D eigenvalue weighted by molar-refractivity contribution is 5.64. The summed E-state index contributed by atoms with van der Waals surface area (Å²) in [5, 5.41) is 0. The van der Waals surface area contributed by atoms with Gasteiger partial charge in [-0.05, 0) is 41.0 Å². The van der Waals surface area contributed by atoms with Crippen LogP contribution in [-0.2, 0) is 12.4 Å². The van der Waals surface area contributed by atoms with Crippen molar-refractivity contribution >= 4 is 0 Å². The van der Waals surface area contributed by atoms with Crippen molar-refractivity contribution in [2.24, 2.45) is 0 Å². The second kappa shape index (κ2) is 9.25. The van der Waals surface area contributed by atoms with Gasteiger partial charge in [-0.15, -0.1) is 0 Å². The molecule has 0 saturated heterocycles. The number of ether oxygens (including phenoxy) is 1. The van der Waals surface area contributed by atoms with E-state index < -0.39 is 70.9 Å². The Kier molecular flexibility index (Phi) is 6.99. The second-order valence-corrected chi connectivity index (χ2v) is 7.45. The van der Waals surface area contributed by atoms with Gasteiger partial charge in [0.15, 0.2) is 11.7 Å². The molecule has 0 amide bonds. The van der Waals surface area contributed by atoms with Crippen molar-refractivity contribution in [3.8, 4) is 22.6 Å². The lowest BCUT2D eigenvalue weighted by atomic mass is 9.92. The fraction of sp³-hybridized carbons (Fsp3) is 0.217. The van der Waals surface area contributed by atoms with Crippen molar-refractivity contribution in [2.75, 3.05) is 0 Å². The zero-order valence-corrected chi connectivity index (χ0v) is 17.4. The van der Waals surface area contributed by atoms with E-state index in [4.69, 9.17) is 4.74 Å². The fourth-order valence-electron chi connectivity index (χ4n) is 3.38. The Bertz CT molecular complexity index is 1140. The van der Waals surface area contributed by atoms with Crippen LogP contribution in [0.15, 0.2) is 66.7 Å². The number of alkyl halides is 12. The number of hydrogen-bond acceptors (Lipinski definition) is 1. The molecular formula is C23H12F12O. The predicted octanol–water partition coefficient (Wildman–Crippen LogP) is 9.39. The number of rotatable bonds is 4. The van der Waals surface area contributed by atoms with Gasteiger partial charge in [0.2, 0.25) is 0 Å². The quantitative estimate of drug-likeness (QED) is 0.304. The van der Waals surface area contributed by atoms with E-state index in [2.05, 4.69) is 0 Å². The van der Waals surface area contributed by atoms with Crippen LogP contribution in [0.25, 0.3) is 11.1 Å². The van der Waals surface area contributed by atoms with E-state index in [0.29, 0.717) is 11.1 Å². The summed E-state index contributed by atoms with van der Waals surface area (Å²) in [5.41, 5.74) is -6.02. The molecule has 0 atom stereocenters. The second-order valence-electron chi connectivity index (χ2n) is 7.45.